The van der Waals surface area contributed by atoms with E-state index >= 15 is 0 Å². The molecule has 2 amide bonds. The molecule has 0 aromatic rings. The fourth-order valence-electron chi connectivity index (χ4n) is 5.45. The smallest absolute Gasteiger partial charge is 0.408 e. The molecule has 10 atom stereocenters. The summed E-state index contributed by atoms with van der Waals surface area (Å²) in [4.78, 5) is 25.3. The monoisotopic (exact) mass is 486 g/mol. The molecule has 5 fully saturated rings. The van der Waals surface area contributed by atoms with Gasteiger partial charge in [0.1, 0.15) is 17.7 Å². The van der Waals surface area contributed by atoms with Crippen molar-refractivity contribution in [1.29, 1.82) is 0 Å². The number of hydrogen-bond donors (Lipinski definition) is 5. The molecule has 11 heteroatoms. The lowest BCUT2D eigenvalue weighted by molar-refractivity contribution is -0.368. The highest BCUT2D eigenvalue weighted by Crippen LogP contribution is 2.49. The second kappa shape index (κ2) is 10.2. The lowest BCUT2D eigenvalue weighted by Gasteiger charge is -2.52. The van der Waals surface area contributed by atoms with Gasteiger partial charge < -0.3 is 45.5 Å². The van der Waals surface area contributed by atoms with Gasteiger partial charge >= 0.3 is 6.09 Å². The van der Waals surface area contributed by atoms with Gasteiger partial charge in [-0.05, 0) is 52.4 Å². The molecule has 194 valence electrons. The number of nitrogens with one attached hydrogen (secondary N) is 2. The first-order valence-corrected chi connectivity index (χ1v) is 12.4. The molecule has 1 saturated carbocycles. The van der Waals surface area contributed by atoms with E-state index in [9.17, 15) is 19.8 Å². The molecule has 4 heterocycles. The van der Waals surface area contributed by atoms with Crippen molar-refractivity contribution in [3.8, 4) is 0 Å². The summed E-state index contributed by atoms with van der Waals surface area (Å²) < 4.78 is 23.3. The van der Waals surface area contributed by atoms with Crippen LogP contribution in [-0.4, -0.2) is 90.4 Å². The Balaban J connectivity index is 1.42. The number of ether oxygens (including phenoxy) is 4. The van der Waals surface area contributed by atoms with Crippen LogP contribution in [0.2, 0.25) is 0 Å². The summed E-state index contributed by atoms with van der Waals surface area (Å²) in [7, 11) is 0. The highest BCUT2D eigenvalue weighted by atomic mass is 16.7. The predicted octanol–water partition coefficient (Wildman–Crippen LogP) is -1.10. The first-order valence-electron chi connectivity index (χ1n) is 12.4. The van der Waals surface area contributed by atoms with Gasteiger partial charge in [-0.1, -0.05) is 0 Å². The first kappa shape index (κ1) is 25.6. The van der Waals surface area contributed by atoms with E-state index in [1.54, 1.807) is 20.8 Å². The van der Waals surface area contributed by atoms with Crippen LogP contribution in [0.4, 0.5) is 4.79 Å². The zero-order valence-electron chi connectivity index (χ0n) is 20.3. The molecular weight excluding hydrogens is 446 g/mol. The van der Waals surface area contributed by atoms with Gasteiger partial charge in [0.2, 0.25) is 5.91 Å². The second-order valence-electron chi connectivity index (χ2n) is 10.9. The molecule has 4 aliphatic heterocycles. The predicted molar refractivity (Wildman–Crippen MR) is 118 cm³/mol. The standard InChI is InChI=1S/C23H39N3O8/c1-23(2,3)34-22(30)26-13(5-4-8-24)20(29)25-9-15-16-17(27)18(28)21(33-15)32-14-7-6-11(14)12-10-31-19(12)16/h11-19,21,27-28H,4-10,24H2,1-3H3,(H,25,29)(H,26,30)/p+1. The van der Waals surface area contributed by atoms with Crippen molar-refractivity contribution in [2.45, 2.75) is 94.9 Å². The maximum Gasteiger partial charge on any atom is 0.408 e. The van der Waals surface area contributed by atoms with Crippen LogP contribution in [0.15, 0.2) is 0 Å². The minimum Gasteiger partial charge on any atom is -0.444 e. The van der Waals surface area contributed by atoms with Crippen molar-refractivity contribution in [3.63, 3.8) is 0 Å². The molecule has 2 bridgehead atoms. The molecule has 1 aliphatic carbocycles. The van der Waals surface area contributed by atoms with E-state index in [0.717, 1.165) is 12.8 Å². The zero-order chi connectivity index (χ0) is 24.6. The Labute approximate surface area is 200 Å². The van der Waals surface area contributed by atoms with Gasteiger partial charge in [-0.3, -0.25) is 4.79 Å². The van der Waals surface area contributed by atoms with Crippen LogP contribution < -0.4 is 16.4 Å². The number of carbonyl (C=O) groups is 2. The van der Waals surface area contributed by atoms with Crippen LogP contribution >= 0.6 is 0 Å². The maximum absolute atomic E-state index is 13.0. The largest absolute Gasteiger partial charge is 0.444 e. The lowest BCUT2D eigenvalue weighted by atomic mass is 9.66. The Morgan fingerprint density at radius 2 is 1.91 bits per heavy atom. The van der Waals surface area contributed by atoms with E-state index in [1.807, 2.05) is 0 Å². The van der Waals surface area contributed by atoms with E-state index in [0.29, 0.717) is 31.9 Å². The highest BCUT2D eigenvalue weighted by molar-refractivity contribution is 5.85. The topological polar surface area (TPSA) is 163 Å². The number of amides is 2. The van der Waals surface area contributed by atoms with Crippen LogP contribution in [0, 0.1) is 17.8 Å². The quantitative estimate of drug-likeness (QED) is 0.303. The molecule has 4 saturated heterocycles. The maximum atomic E-state index is 13.0. The molecule has 10 unspecified atom stereocenters. The number of aliphatic hydroxyl groups excluding tert-OH is 2. The van der Waals surface area contributed by atoms with Gasteiger partial charge in [-0.2, -0.15) is 0 Å². The minimum atomic E-state index is -1.18. The zero-order valence-corrected chi connectivity index (χ0v) is 20.3. The number of quaternary nitrogens is 1. The second-order valence-corrected chi connectivity index (χ2v) is 10.9. The molecule has 0 spiro atoms. The van der Waals surface area contributed by atoms with Gasteiger partial charge in [0.25, 0.3) is 0 Å². The van der Waals surface area contributed by atoms with Crippen LogP contribution in [0.3, 0.4) is 0 Å². The van der Waals surface area contributed by atoms with Crippen molar-refractivity contribution in [2.24, 2.45) is 17.8 Å². The van der Waals surface area contributed by atoms with E-state index < -0.39 is 48.3 Å². The molecule has 0 aromatic carbocycles. The summed E-state index contributed by atoms with van der Waals surface area (Å²) >= 11 is 0. The summed E-state index contributed by atoms with van der Waals surface area (Å²) in [5.41, 5.74) is 3.13. The SMILES string of the molecule is CC(C)(C)OC(=O)NC(CCC[NH3+])C(=O)NCC1OC2OC3CCC3C3COC3C1C(O)C2O. The van der Waals surface area contributed by atoms with E-state index in [4.69, 9.17) is 18.9 Å². The summed E-state index contributed by atoms with van der Waals surface area (Å²) in [6, 6.07) is -0.791. The Morgan fingerprint density at radius 1 is 1.15 bits per heavy atom. The molecule has 5 rings (SSSR count). The number of aliphatic hydroxyl groups is 2. The molecule has 5 aliphatic rings. The summed E-state index contributed by atoms with van der Waals surface area (Å²) in [5, 5.41) is 27.0. The summed E-state index contributed by atoms with van der Waals surface area (Å²) in [5.74, 6) is -0.294. The van der Waals surface area contributed by atoms with Crippen LogP contribution in [0.5, 0.6) is 0 Å². The van der Waals surface area contributed by atoms with E-state index in [-0.39, 0.29) is 30.6 Å². The van der Waals surface area contributed by atoms with Crippen LogP contribution in [-0.2, 0) is 23.7 Å². The van der Waals surface area contributed by atoms with Crippen LogP contribution in [0.1, 0.15) is 46.5 Å². The highest BCUT2D eigenvalue weighted by Gasteiger charge is 2.59. The first-order chi connectivity index (χ1) is 16.1. The van der Waals surface area contributed by atoms with Crippen molar-refractivity contribution in [2.75, 3.05) is 19.7 Å². The average Bonchev–Trinajstić information content (AvgIpc) is 2.75. The van der Waals surface area contributed by atoms with Gasteiger partial charge in [-0.25, -0.2) is 4.79 Å². The Bertz CT molecular complexity index is 744. The lowest BCUT2D eigenvalue weighted by Crippen LogP contribution is -2.64. The van der Waals surface area contributed by atoms with E-state index in [2.05, 4.69) is 16.4 Å². The van der Waals surface area contributed by atoms with E-state index in [1.165, 1.54) is 0 Å². The number of alkyl carbamates (subject to hydrolysis) is 1. The Hall–Kier alpha value is -1.50. The molecule has 7 N–H and O–H groups in total. The normalized spacial score (nSPS) is 39.6. The fourth-order valence-corrected chi connectivity index (χ4v) is 5.45. The number of fused-ring (bicyclic) bond motifs is 2. The molecule has 0 aromatic heterocycles. The summed E-state index contributed by atoms with van der Waals surface area (Å²) in [6.07, 6.45) is -1.78. The van der Waals surface area contributed by atoms with Crippen molar-refractivity contribution in [1.82, 2.24) is 10.6 Å². The number of hydrogen-bond acceptors (Lipinski definition) is 8. The fraction of sp³-hybridized carbons (Fsp3) is 0.913. The third-order valence-corrected chi connectivity index (χ3v) is 7.39. The third kappa shape index (κ3) is 5.34. The molecule has 0 radical (unpaired) electrons. The van der Waals surface area contributed by atoms with Gasteiger partial charge in [0.05, 0.1) is 37.6 Å². The average molecular weight is 487 g/mol. The van der Waals surface area contributed by atoms with Gasteiger partial charge in [0, 0.05) is 18.4 Å². The summed E-state index contributed by atoms with van der Waals surface area (Å²) in [6.45, 7) is 6.58. The van der Waals surface area contributed by atoms with Gasteiger partial charge in [0.15, 0.2) is 6.29 Å². The van der Waals surface area contributed by atoms with Crippen molar-refractivity contribution in [3.05, 3.63) is 0 Å². The molecular formula is C23H40N3O8+. The van der Waals surface area contributed by atoms with Crippen LogP contribution in [0.25, 0.3) is 0 Å². The molecule has 11 nitrogen and oxygen atoms in total. The Kier molecular flexibility index (Phi) is 7.70. The third-order valence-electron chi connectivity index (χ3n) is 7.39. The number of carbonyl (C=O) groups excluding carboxylic acids is 2. The molecule has 34 heavy (non-hydrogen) atoms. The van der Waals surface area contributed by atoms with Crippen molar-refractivity contribution < 1.29 is 44.5 Å². The van der Waals surface area contributed by atoms with Gasteiger partial charge in [-0.15, -0.1) is 0 Å². The Morgan fingerprint density at radius 3 is 2.50 bits per heavy atom. The minimum absolute atomic E-state index is 0.0135. The number of rotatable bonds is 7. The van der Waals surface area contributed by atoms with Crippen molar-refractivity contribution >= 4 is 12.0 Å².